The van der Waals surface area contributed by atoms with Crippen LogP contribution in [0.1, 0.15) is 30.5 Å². The Balaban J connectivity index is 1.36. The molecule has 1 atom stereocenters. The molecule has 0 saturated carbocycles. The van der Waals surface area contributed by atoms with Crippen LogP contribution in [0.4, 0.5) is 20.3 Å². The lowest BCUT2D eigenvalue weighted by Crippen LogP contribution is -2.55. The van der Waals surface area contributed by atoms with Gasteiger partial charge in [0, 0.05) is 55.9 Å². The Labute approximate surface area is 260 Å². The van der Waals surface area contributed by atoms with E-state index in [1.807, 2.05) is 18.2 Å². The smallest absolute Gasteiger partial charge is 0.318 e. The number of hydrogen-bond acceptors (Lipinski definition) is 8. The third kappa shape index (κ3) is 5.88. The molecule has 3 aliphatic rings. The van der Waals surface area contributed by atoms with E-state index < -0.39 is 23.6 Å². The number of carbonyl (C=O) groups excluding carboxylic acids is 1. The first-order chi connectivity index (χ1) is 21.2. The van der Waals surface area contributed by atoms with Gasteiger partial charge in [0.2, 0.25) is 0 Å². The van der Waals surface area contributed by atoms with E-state index in [9.17, 15) is 18.8 Å². The minimum Gasteiger partial charge on any atom is -0.460 e. The lowest BCUT2D eigenvalue weighted by atomic mass is 10.0. The van der Waals surface area contributed by atoms with Crippen molar-refractivity contribution in [1.29, 1.82) is 5.26 Å². The van der Waals surface area contributed by atoms with Crippen molar-refractivity contribution in [2.75, 3.05) is 56.1 Å². The molecule has 9 nitrogen and oxygen atoms in total. The summed E-state index contributed by atoms with van der Waals surface area (Å²) >= 11 is 6.48. The lowest BCUT2D eigenvalue weighted by Gasteiger charge is -2.42. The lowest BCUT2D eigenvalue weighted by molar-refractivity contribution is -0.131. The van der Waals surface area contributed by atoms with Gasteiger partial charge in [-0.15, -0.1) is 0 Å². The van der Waals surface area contributed by atoms with Crippen LogP contribution in [0.3, 0.4) is 0 Å². The first-order valence-corrected chi connectivity index (χ1v) is 15.2. The quantitative estimate of drug-likeness (QED) is 0.360. The molecule has 6 rings (SSSR count). The molecule has 230 valence electrons. The second-order valence-electron chi connectivity index (χ2n) is 11.6. The number of carbonyl (C=O) groups is 1. The van der Waals surface area contributed by atoms with Crippen LogP contribution in [0.2, 0.25) is 5.02 Å². The molecule has 12 heteroatoms. The summed E-state index contributed by atoms with van der Waals surface area (Å²) < 4.78 is 34.7. The monoisotopic (exact) mass is 621 g/mol. The molecule has 44 heavy (non-hydrogen) atoms. The number of aromatic nitrogens is 2. The van der Waals surface area contributed by atoms with Gasteiger partial charge in [0.1, 0.15) is 17.7 Å². The molecule has 3 aromatic rings. The number of benzene rings is 2. The Morgan fingerprint density at radius 1 is 1.14 bits per heavy atom. The molecule has 0 N–H and O–H groups in total. The van der Waals surface area contributed by atoms with Crippen molar-refractivity contribution in [3.63, 3.8) is 0 Å². The molecule has 1 aromatic heterocycles. The van der Waals surface area contributed by atoms with Crippen LogP contribution in [-0.4, -0.2) is 84.1 Å². The molecule has 0 bridgehead atoms. The molecular weight excluding hydrogens is 588 g/mol. The number of rotatable bonds is 6. The van der Waals surface area contributed by atoms with Crippen LogP contribution >= 0.6 is 11.6 Å². The minimum absolute atomic E-state index is 0.0204. The first-order valence-electron chi connectivity index (χ1n) is 14.9. The average molecular weight is 622 g/mol. The number of likely N-dealkylation sites (tertiary alicyclic amines) is 1. The fourth-order valence-electron chi connectivity index (χ4n) is 6.47. The number of fused-ring (bicyclic) bond motifs is 2. The van der Waals surface area contributed by atoms with Crippen LogP contribution in [0, 0.1) is 17.1 Å². The number of piperazine rings is 1. The van der Waals surface area contributed by atoms with E-state index in [1.54, 1.807) is 6.07 Å². The van der Waals surface area contributed by atoms with E-state index in [-0.39, 0.29) is 30.1 Å². The summed E-state index contributed by atoms with van der Waals surface area (Å²) in [4.78, 5) is 30.2. The molecule has 0 unspecified atom stereocenters. The average Bonchev–Trinajstić information content (AvgIpc) is 3.03. The van der Waals surface area contributed by atoms with Gasteiger partial charge in [-0.05, 0) is 43.8 Å². The summed E-state index contributed by atoms with van der Waals surface area (Å²) in [5, 5.41) is 11.1. The molecule has 0 aliphatic carbocycles. The molecule has 0 spiro atoms. The zero-order valence-electron chi connectivity index (χ0n) is 24.6. The Hall–Kier alpha value is -4.01. The predicted molar refractivity (Wildman–Crippen MR) is 165 cm³/mol. The van der Waals surface area contributed by atoms with Crippen LogP contribution in [0.5, 0.6) is 6.01 Å². The van der Waals surface area contributed by atoms with E-state index in [4.69, 9.17) is 26.3 Å². The number of ether oxygens (including phenoxy) is 1. The Kier molecular flexibility index (Phi) is 8.56. The number of piperidine rings is 1. The maximum Gasteiger partial charge on any atom is 0.318 e. The van der Waals surface area contributed by atoms with Gasteiger partial charge in [0.05, 0.1) is 35.8 Å². The minimum atomic E-state index is -1.04. The van der Waals surface area contributed by atoms with Gasteiger partial charge in [-0.25, -0.2) is 8.78 Å². The summed E-state index contributed by atoms with van der Waals surface area (Å²) in [5.74, 6) is -1.60. The molecule has 4 heterocycles. The zero-order chi connectivity index (χ0) is 31.0. The van der Waals surface area contributed by atoms with Gasteiger partial charge >= 0.3 is 6.01 Å². The third-order valence-electron chi connectivity index (χ3n) is 8.82. The zero-order valence-corrected chi connectivity index (χ0v) is 25.4. The third-order valence-corrected chi connectivity index (χ3v) is 9.19. The molecule has 3 aliphatic heterocycles. The highest BCUT2D eigenvalue weighted by Crippen LogP contribution is 2.38. The summed E-state index contributed by atoms with van der Waals surface area (Å²) in [6.07, 6.45) is 2.35. The fourth-order valence-corrected chi connectivity index (χ4v) is 6.73. The van der Waals surface area contributed by atoms with E-state index in [1.165, 1.54) is 11.0 Å². The van der Waals surface area contributed by atoms with Crippen LogP contribution < -0.4 is 14.5 Å². The van der Waals surface area contributed by atoms with E-state index in [0.717, 1.165) is 48.3 Å². The van der Waals surface area contributed by atoms with Crippen molar-refractivity contribution in [3.05, 3.63) is 64.8 Å². The number of nitriles is 1. The predicted octanol–water partition coefficient (Wildman–Crippen LogP) is 4.87. The largest absolute Gasteiger partial charge is 0.460 e. The van der Waals surface area contributed by atoms with Gasteiger partial charge in [0.25, 0.3) is 5.91 Å². The maximum atomic E-state index is 14.5. The Bertz CT molecular complexity index is 1640. The van der Waals surface area contributed by atoms with E-state index in [0.29, 0.717) is 43.8 Å². The highest BCUT2D eigenvalue weighted by molar-refractivity contribution is 6.36. The van der Waals surface area contributed by atoms with Gasteiger partial charge in [-0.1, -0.05) is 36.4 Å². The summed E-state index contributed by atoms with van der Waals surface area (Å²) in [6.45, 7) is 6.99. The molecule has 2 fully saturated rings. The fraction of sp³-hybridized carbons (Fsp3) is 0.438. The van der Waals surface area contributed by atoms with Crippen molar-refractivity contribution >= 4 is 39.8 Å². The summed E-state index contributed by atoms with van der Waals surface area (Å²) in [7, 11) is 2.09. The van der Waals surface area contributed by atoms with Crippen LogP contribution in [0.25, 0.3) is 10.8 Å². The second kappa shape index (κ2) is 12.5. The highest BCUT2D eigenvalue weighted by Gasteiger charge is 2.35. The standard InChI is InChI=1S/C32H34ClF2N7O2/c1-20(34)31(43)42-17-16-41(18-22(42)8-12-36)30-24-11-15-40(27-5-3-4-21-6-7-25(35)29(33)28(21)27)19-26(24)37-32(38-30)44-23-9-13-39(2)14-10-23/h3-7,22-23H,1,8-11,13-19H2,2H3/t22-/m0/s1. The van der Waals surface area contributed by atoms with Crippen molar-refractivity contribution in [2.45, 2.75) is 44.4 Å². The Morgan fingerprint density at radius 2 is 1.93 bits per heavy atom. The number of nitrogens with zero attached hydrogens (tertiary/aromatic N) is 7. The van der Waals surface area contributed by atoms with E-state index >= 15 is 0 Å². The van der Waals surface area contributed by atoms with Gasteiger partial charge < -0.3 is 24.3 Å². The van der Waals surface area contributed by atoms with Crippen LogP contribution in [-0.2, 0) is 17.8 Å². The topological polar surface area (TPSA) is 88.8 Å². The van der Waals surface area contributed by atoms with Gasteiger partial charge in [0.15, 0.2) is 5.83 Å². The first kappa shape index (κ1) is 30.0. The van der Waals surface area contributed by atoms with Crippen molar-refractivity contribution in [3.8, 4) is 12.1 Å². The van der Waals surface area contributed by atoms with Crippen molar-refractivity contribution in [1.82, 2.24) is 19.8 Å². The number of halogens is 3. The molecule has 2 saturated heterocycles. The van der Waals surface area contributed by atoms with Crippen LogP contribution in [0.15, 0.2) is 42.7 Å². The maximum absolute atomic E-state index is 14.5. The SMILES string of the molecule is C=C(F)C(=O)N1CCN(c2nc(OC3CCN(C)CC3)nc3c2CCN(c2cccc4ccc(F)c(Cl)c24)C3)C[C@@H]1CC#N. The summed E-state index contributed by atoms with van der Waals surface area (Å²) in [6, 6.07) is 10.8. The van der Waals surface area contributed by atoms with Gasteiger partial charge in [-0.2, -0.15) is 15.2 Å². The van der Waals surface area contributed by atoms with Gasteiger partial charge in [-0.3, -0.25) is 4.79 Å². The Morgan fingerprint density at radius 3 is 2.68 bits per heavy atom. The number of anilines is 2. The number of amides is 1. The van der Waals surface area contributed by atoms with E-state index in [2.05, 4.69) is 34.4 Å². The molecule has 0 radical (unpaired) electrons. The van der Waals surface area contributed by atoms with Crippen molar-refractivity contribution < 1.29 is 18.3 Å². The highest BCUT2D eigenvalue weighted by atomic mass is 35.5. The molecule has 2 aromatic carbocycles. The molecular formula is C32H34ClF2N7O2. The second-order valence-corrected chi connectivity index (χ2v) is 12.0. The summed E-state index contributed by atoms with van der Waals surface area (Å²) in [5.41, 5.74) is 2.57. The number of hydrogen-bond donors (Lipinski definition) is 0. The van der Waals surface area contributed by atoms with Crippen molar-refractivity contribution in [2.24, 2.45) is 0 Å². The molecule has 1 amide bonds. The normalized spacial score (nSPS) is 19.5.